The van der Waals surface area contributed by atoms with Crippen LogP contribution in [0.15, 0.2) is 42.5 Å². The van der Waals surface area contributed by atoms with Crippen molar-refractivity contribution in [2.45, 2.75) is 0 Å². The zero-order chi connectivity index (χ0) is 14.3. The van der Waals surface area contributed by atoms with Crippen molar-refractivity contribution in [2.75, 3.05) is 0 Å². The number of aromatic nitrogens is 1. The van der Waals surface area contributed by atoms with Gasteiger partial charge in [0.15, 0.2) is 0 Å². The molecule has 0 amide bonds. The molecule has 1 heterocycles. The third-order valence-electron chi connectivity index (χ3n) is 3.01. The van der Waals surface area contributed by atoms with Crippen LogP contribution >= 0.6 is 0 Å². The molecule has 20 heavy (non-hydrogen) atoms. The molecule has 0 spiro atoms. The number of nitro groups is 2. The molecule has 0 unspecified atom stereocenters. The van der Waals surface area contributed by atoms with E-state index in [4.69, 9.17) is 0 Å². The van der Waals surface area contributed by atoms with Gasteiger partial charge in [-0.3, -0.25) is 20.2 Å². The van der Waals surface area contributed by atoms with Gasteiger partial charge in [-0.1, -0.05) is 12.1 Å². The van der Waals surface area contributed by atoms with E-state index in [0.717, 1.165) is 0 Å². The van der Waals surface area contributed by atoms with E-state index >= 15 is 0 Å². The summed E-state index contributed by atoms with van der Waals surface area (Å²) < 4.78 is 0. The Bertz CT molecular complexity index is 875. The standard InChI is InChI=1S/C13H7N3O4/c17-15(18)10-4-5-11-9(7-10)6-8-2-1-3-12(16(19)20)13(8)14-11/h1-7H. The zero-order valence-electron chi connectivity index (χ0n) is 10.0. The molecule has 98 valence electrons. The highest BCUT2D eigenvalue weighted by atomic mass is 16.6. The first-order valence-electron chi connectivity index (χ1n) is 5.68. The molecule has 0 bridgehead atoms. The molecule has 0 atom stereocenters. The van der Waals surface area contributed by atoms with Gasteiger partial charge in [0.25, 0.3) is 11.4 Å². The summed E-state index contributed by atoms with van der Waals surface area (Å²) in [7, 11) is 0. The van der Waals surface area contributed by atoms with Crippen LogP contribution in [0.5, 0.6) is 0 Å². The normalized spacial score (nSPS) is 10.8. The van der Waals surface area contributed by atoms with Crippen molar-refractivity contribution in [3.63, 3.8) is 0 Å². The van der Waals surface area contributed by atoms with Crippen molar-refractivity contribution in [3.8, 4) is 0 Å². The molecule has 0 saturated carbocycles. The number of hydrogen-bond acceptors (Lipinski definition) is 5. The summed E-state index contributed by atoms with van der Waals surface area (Å²) in [6.07, 6.45) is 0. The minimum Gasteiger partial charge on any atom is -0.258 e. The van der Waals surface area contributed by atoms with Crippen LogP contribution in [0.2, 0.25) is 0 Å². The molecule has 3 rings (SSSR count). The molecule has 0 aliphatic heterocycles. The lowest BCUT2D eigenvalue weighted by atomic mass is 10.1. The summed E-state index contributed by atoms with van der Waals surface area (Å²) in [5, 5.41) is 22.9. The highest BCUT2D eigenvalue weighted by Gasteiger charge is 2.14. The molecular formula is C13H7N3O4. The summed E-state index contributed by atoms with van der Waals surface area (Å²) in [4.78, 5) is 25.0. The Balaban J connectivity index is 2.36. The van der Waals surface area contributed by atoms with Crippen LogP contribution in [0, 0.1) is 20.2 Å². The van der Waals surface area contributed by atoms with Crippen molar-refractivity contribution in [2.24, 2.45) is 0 Å². The SMILES string of the molecule is O=[N+]([O-])c1ccc2nc3c([N+](=O)[O-])cccc3cc2c1. The third-order valence-corrected chi connectivity index (χ3v) is 3.01. The second-order valence-corrected chi connectivity index (χ2v) is 4.23. The van der Waals surface area contributed by atoms with Crippen molar-refractivity contribution in [1.82, 2.24) is 4.98 Å². The molecule has 0 aliphatic carbocycles. The van der Waals surface area contributed by atoms with E-state index in [-0.39, 0.29) is 16.9 Å². The maximum absolute atomic E-state index is 11.0. The number of para-hydroxylation sites is 1. The Morgan fingerprint density at radius 1 is 0.900 bits per heavy atom. The van der Waals surface area contributed by atoms with Gasteiger partial charge in [0.2, 0.25) is 0 Å². The van der Waals surface area contributed by atoms with E-state index in [1.54, 1.807) is 18.2 Å². The van der Waals surface area contributed by atoms with Gasteiger partial charge in [0, 0.05) is 29.0 Å². The van der Waals surface area contributed by atoms with Crippen LogP contribution in [0.4, 0.5) is 11.4 Å². The monoisotopic (exact) mass is 269 g/mol. The maximum atomic E-state index is 11.0. The maximum Gasteiger partial charge on any atom is 0.295 e. The van der Waals surface area contributed by atoms with E-state index in [9.17, 15) is 20.2 Å². The molecule has 7 heteroatoms. The average Bonchev–Trinajstić information content (AvgIpc) is 2.43. The van der Waals surface area contributed by atoms with Gasteiger partial charge in [0.1, 0.15) is 5.52 Å². The topological polar surface area (TPSA) is 99.2 Å². The van der Waals surface area contributed by atoms with Crippen LogP contribution in [-0.4, -0.2) is 14.8 Å². The van der Waals surface area contributed by atoms with Gasteiger partial charge in [-0.25, -0.2) is 4.98 Å². The number of non-ortho nitro benzene ring substituents is 2. The molecule has 1 aromatic heterocycles. The van der Waals surface area contributed by atoms with Gasteiger partial charge < -0.3 is 0 Å². The van der Waals surface area contributed by atoms with Gasteiger partial charge in [-0.15, -0.1) is 0 Å². The van der Waals surface area contributed by atoms with Gasteiger partial charge in [-0.2, -0.15) is 0 Å². The fourth-order valence-corrected chi connectivity index (χ4v) is 2.10. The second-order valence-electron chi connectivity index (χ2n) is 4.23. The van der Waals surface area contributed by atoms with Crippen LogP contribution < -0.4 is 0 Å². The first-order valence-corrected chi connectivity index (χ1v) is 5.68. The Morgan fingerprint density at radius 3 is 2.40 bits per heavy atom. The predicted molar refractivity (Wildman–Crippen MR) is 72.6 cm³/mol. The van der Waals surface area contributed by atoms with Crippen LogP contribution in [0.1, 0.15) is 0 Å². The van der Waals surface area contributed by atoms with Crippen molar-refractivity contribution in [3.05, 3.63) is 62.7 Å². The minimum absolute atomic E-state index is 0.0379. The van der Waals surface area contributed by atoms with Crippen molar-refractivity contribution in [1.29, 1.82) is 0 Å². The molecular weight excluding hydrogens is 262 g/mol. The van der Waals surface area contributed by atoms with Crippen molar-refractivity contribution >= 4 is 33.2 Å². The number of nitrogens with zero attached hydrogens (tertiary/aromatic N) is 3. The highest BCUT2D eigenvalue weighted by Crippen LogP contribution is 2.28. The van der Waals surface area contributed by atoms with Crippen LogP contribution in [0.3, 0.4) is 0 Å². The summed E-state index contributed by atoms with van der Waals surface area (Å²) >= 11 is 0. The molecule has 0 saturated heterocycles. The van der Waals surface area contributed by atoms with E-state index in [0.29, 0.717) is 16.3 Å². The number of fused-ring (bicyclic) bond motifs is 2. The molecule has 0 fully saturated rings. The second kappa shape index (κ2) is 4.23. The van der Waals surface area contributed by atoms with Gasteiger partial charge in [-0.05, 0) is 12.1 Å². The quantitative estimate of drug-likeness (QED) is 0.404. The molecule has 2 aromatic carbocycles. The lowest BCUT2D eigenvalue weighted by molar-refractivity contribution is -0.384. The predicted octanol–water partition coefficient (Wildman–Crippen LogP) is 3.20. The summed E-state index contributed by atoms with van der Waals surface area (Å²) in [5.74, 6) is 0. The molecule has 7 nitrogen and oxygen atoms in total. The summed E-state index contributed by atoms with van der Waals surface area (Å²) in [6.45, 7) is 0. The molecule has 0 aliphatic rings. The van der Waals surface area contributed by atoms with Crippen LogP contribution in [0.25, 0.3) is 21.8 Å². The first kappa shape index (κ1) is 12.0. The fourth-order valence-electron chi connectivity index (χ4n) is 2.10. The van der Waals surface area contributed by atoms with Gasteiger partial charge in [0.05, 0.1) is 15.4 Å². The number of nitro benzene ring substituents is 2. The molecule has 3 aromatic rings. The third kappa shape index (κ3) is 1.81. The van der Waals surface area contributed by atoms with Crippen LogP contribution in [-0.2, 0) is 0 Å². The average molecular weight is 269 g/mol. The zero-order valence-corrected chi connectivity index (χ0v) is 10.0. The number of hydrogen-bond donors (Lipinski definition) is 0. The molecule has 0 radical (unpaired) electrons. The summed E-state index contributed by atoms with van der Waals surface area (Å²) in [6, 6.07) is 10.5. The Hall–Kier alpha value is -3.09. The Morgan fingerprint density at radius 2 is 1.70 bits per heavy atom. The summed E-state index contributed by atoms with van der Waals surface area (Å²) in [5.41, 5.74) is 0.642. The number of benzene rings is 2. The molecule has 0 N–H and O–H groups in total. The van der Waals surface area contributed by atoms with Gasteiger partial charge >= 0.3 is 0 Å². The van der Waals surface area contributed by atoms with E-state index in [2.05, 4.69) is 4.98 Å². The fraction of sp³-hybridized carbons (Fsp3) is 0. The lowest BCUT2D eigenvalue weighted by Gasteiger charge is -2.02. The smallest absolute Gasteiger partial charge is 0.258 e. The van der Waals surface area contributed by atoms with Crippen molar-refractivity contribution < 1.29 is 9.85 Å². The Labute approximate surface area is 111 Å². The van der Waals surface area contributed by atoms with E-state index in [1.165, 1.54) is 24.3 Å². The van der Waals surface area contributed by atoms with E-state index < -0.39 is 9.85 Å². The highest BCUT2D eigenvalue weighted by molar-refractivity contribution is 5.97. The first-order chi connectivity index (χ1) is 9.56. The minimum atomic E-state index is -0.493. The lowest BCUT2D eigenvalue weighted by Crippen LogP contribution is -1.93. The number of pyridine rings is 1. The Kier molecular flexibility index (Phi) is 2.53. The number of rotatable bonds is 2. The largest absolute Gasteiger partial charge is 0.295 e. The van der Waals surface area contributed by atoms with E-state index in [1.807, 2.05) is 0 Å².